The van der Waals surface area contributed by atoms with Gasteiger partial charge in [-0.2, -0.15) is 0 Å². The maximum atomic E-state index is 13.6. The molecule has 36 heavy (non-hydrogen) atoms. The van der Waals surface area contributed by atoms with Gasteiger partial charge in [0.2, 0.25) is 0 Å². The molecule has 0 aliphatic heterocycles. The van der Waals surface area contributed by atoms with E-state index in [-0.39, 0.29) is 36.1 Å². The molecule has 0 bridgehead atoms. The molecule has 3 heterocycles. The van der Waals surface area contributed by atoms with E-state index in [1.165, 1.54) is 23.8 Å². The van der Waals surface area contributed by atoms with E-state index < -0.39 is 17.2 Å². The van der Waals surface area contributed by atoms with Crippen molar-refractivity contribution in [2.75, 3.05) is 10.6 Å². The summed E-state index contributed by atoms with van der Waals surface area (Å²) >= 11 is 0. The summed E-state index contributed by atoms with van der Waals surface area (Å²) in [6.07, 6.45) is 2.91. The summed E-state index contributed by atoms with van der Waals surface area (Å²) in [5.41, 5.74) is 5.88. The minimum absolute atomic E-state index is 0.0442. The second-order valence-corrected chi connectivity index (χ2v) is 8.27. The van der Waals surface area contributed by atoms with Gasteiger partial charge in [0.05, 0.1) is 12.8 Å². The summed E-state index contributed by atoms with van der Waals surface area (Å²) in [6.45, 7) is 3.61. The molecule has 4 rings (SSSR count). The Bertz CT molecular complexity index is 1490. The third-order valence-electron chi connectivity index (χ3n) is 5.75. The number of nitrogens with one attached hydrogen (secondary N) is 1. The number of Topliss-reactive ketones (excluding diaryl/α,β-unsaturated/α-hetero) is 1. The Balaban J connectivity index is 1.75. The normalized spacial score (nSPS) is 10.9. The van der Waals surface area contributed by atoms with Crippen LogP contribution in [-0.2, 0) is 13.1 Å². The van der Waals surface area contributed by atoms with Crippen molar-refractivity contribution < 1.29 is 18.4 Å². The monoisotopic (exact) mass is 490 g/mol. The van der Waals surface area contributed by atoms with Crippen molar-refractivity contribution in [2.24, 2.45) is 0 Å². The Morgan fingerprint density at radius 1 is 1.08 bits per heavy atom. The van der Waals surface area contributed by atoms with Crippen molar-refractivity contribution in [3.8, 4) is 11.3 Å². The summed E-state index contributed by atoms with van der Waals surface area (Å²) in [7, 11) is 0. The number of nitrogens with zero attached hydrogens (tertiary/aromatic N) is 2. The number of rotatable bonds is 9. The number of unbranched alkanes of at least 4 members (excludes halogenated alkanes) is 1. The maximum Gasteiger partial charge on any atom is 0.330 e. The zero-order chi connectivity index (χ0) is 25.8. The van der Waals surface area contributed by atoms with Crippen LogP contribution < -0.4 is 21.9 Å². The van der Waals surface area contributed by atoms with Crippen LogP contribution >= 0.6 is 0 Å². The number of hydrogen-bond acceptors (Lipinski definition) is 7. The second-order valence-electron chi connectivity index (χ2n) is 8.27. The second kappa shape index (κ2) is 10.3. The molecule has 0 unspecified atom stereocenters. The highest BCUT2D eigenvalue weighted by atomic mass is 16.4. The minimum Gasteiger partial charge on any atom is -0.467 e. The van der Waals surface area contributed by atoms with Crippen LogP contribution in [0.25, 0.3) is 11.3 Å². The Morgan fingerprint density at radius 3 is 2.47 bits per heavy atom. The molecule has 1 amide bonds. The lowest BCUT2D eigenvalue weighted by atomic mass is 10.1. The van der Waals surface area contributed by atoms with Crippen LogP contribution in [0.4, 0.5) is 11.5 Å². The number of hydrogen-bond donors (Lipinski definition) is 2. The fraction of sp³-hybridized carbons (Fsp3) is 0.231. The number of nitrogen functional groups attached to an aromatic ring is 1. The number of ketones is 1. The molecular formula is C26H26N4O6. The molecule has 0 saturated carbocycles. The molecule has 10 nitrogen and oxygen atoms in total. The number of furan rings is 2. The Hall–Kier alpha value is -4.60. The van der Waals surface area contributed by atoms with E-state index in [4.69, 9.17) is 14.6 Å². The molecule has 0 atom stereocenters. The van der Waals surface area contributed by atoms with Gasteiger partial charge in [0, 0.05) is 17.7 Å². The van der Waals surface area contributed by atoms with Crippen LogP contribution in [-0.4, -0.2) is 21.2 Å². The number of aromatic amines is 1. The molecular weight excluding hydrogens is 464 g/mol. The first-order chi connectivity index (χ1) is 17.3. The van der Waals surface area contributed by atoms with Crippen molar-refractivity contribution in [2.45, 2.75) is 39.8 Å². The highest BCUT2D eigenvalue weighted by molar-refractivity contribution is 6.05. The van der Waals surface area contributed by atoms with Crippen LogP contribution in [0.1, 0.15) is 53.4 Å². The average Bonchev–Trinajstić information content (AvgIpc) is 3.55. The molecule has 1 aromatic carbocycles. The first-order valence-corrected chi connectivity index (χ1v) is 11.5. The van der Waals surface area contributed by atoms with Gasteiger partial charge in [0.1, 0.15) is 17.3 Å². The summed E-state index contributed by atoms with van der Waals surface area (Å²) in [5, 5.41) is 0. The molecule has 10 heteroatoms. The molecule has 0 fully saturated rings. The van der Waals surface area contributed by atoms with E-state index in [1.807, 2.05) is 6.92 Å². The largest absolute Gasteiger partial charge is 0.467 e. The van der Waals surface area contributed by atoms with Gasteiger partial charge in [-0.15, -0.1) is 0 Å². The van der Waals surface area contributed by atoms with Crippen molar-refractivity contribution in [3.63, 3.8) is 0 Å². The first-order valence-electron chi connectivity index (χ1n) is 11.5. The lowest BCUT2D eigenvalue weighted by molar-refractivity contribution is 0.0956. The smallest absolute Gasteiger partial charge is 0.330 e. The van der Waals surface area contributed by atoms with E-state index in [0.717, 1.165) is 11.3 Å². The fourth-order valence-electron chi connectivity index (χ4n) is 3.80. The molecule has 0 aliphatic carbocycles. The number of aromatic nitrogens is 2. The lowest BCUT2D eigenvalue weighted by Gasteiger charge is -2.23. The standard InChI is InChI=1S/C26H26N4O6/c1-3-4-13-29-23(27)22(24(32)28-26(29)34)30(15-19-6-5-14-35-19)25(33)21-12-11-20(36-21)18-9-7-17(8-10-18)16(2)31/h5-12,14H,3-4,13,15,27H2,1-2H3,(H,28,32,34). The van der Waals surface area contributed by atoms with Crippen LogP contribution in [0.3, 0.4) is 0 Å². The Kier molecular flexibility index (Phi) is 7.05. The van der Waals surface area contributed by atoms with Crippen LogP contribution in [0, 0.1) is 0 Å². The third-order valence-corrected chi connectivity index (χ3v) is 5.75. The summed E-state index contributed by atoms with van der Waals surface area (Å²) in [5.74, 6) is -0.0633. The first kappa shape index (κ1) is 24.5. The van der Waals surface area contributed by atoms with Gasteiger partial charge in [-0.05, 0) is 37.6 Å². The Morgan fingerprint density at radius 2 is 1.83 bits per heavy atom. The summed E-state index contributed by atoms with van der Waals surface area (Å²) in [4.78, 5) is 53.8. The molecule has 186 valence electrons. The van der Waals surface area contributed by atoms with Gasteiger partial charge in [-0.1, -0.05) is 37.6 Å². The third kappa shape index (κ3) is 4.92. The van der Waals surface area contributed by atoms with Crippen LogP contribution in [0.15, 0.2) is 73.2 Å². The topological polar surface area (TPSA) is 145 Å². The number of amides is 1. The molecule has 3 aromatic heterocycles. The quantitative estimate of drug-likeness (QED) is 0.339. The molecule has 0 aliphatic rings. The summed E-state index contributed by atoms with van der Waals surface area (Å²) < 4.78 is 12.5. The lowest BCUT2D eigenvalue weighted by Crippen LogP contribution is -2.40. The molecule has 4 aromatic rings. The van der Waals surface area contributed by atoms with Gasteiger partial charge in [-0.25, -0.2) is 4.79 Å². The number of carbonyl (C=O) groups excluding carboxylic acids is 2. The number of carbonyl (C=O) groups is 2. The molecule has 0 saturated heterocycles. The van der Waals surface area contributed by atoms with Crippen molar-refractivity contribution in [3.05, 3.63) is 92.7 Å². The fourth-order valence-corrected chi connectivity index (χ4v) is 3.80. The Labute approximate surface area is 206 Å². The number of anilines is 2. The molecule has 0 spiro atoms. The van der Waals surface area contributed by atoms with Crippen molar-refractivity contribution >= 4 is 23.2 Å². The van der Waals surface area contributed by atoms with Gasteiger partial charge in [0.25, 0.3) is 11.5 Å². The highest BCUT2D eigenvalue weighted by Gasteiger charge is 2.28. The molecule has 0 radical (unpaired) electrons. The predicted molar refractivity (Wildman–Crippen MR) is 134 cm³/mol. The van der Waals surface area contributed by atoms with Crippen LogP contribution in [0.2, 0.25) is 0 Å². The SMILES string of the molecule is CCCCn1c(N)c(N(Cc2ccco2)C(=O)c2ccc(-c3ccc(C(C)=O)cc3)o2)c(=O)[nH]c1=O. The van der Waals surface area contributed by atoms with Crippen molar-refractivity contribution in [1.82, 2.24) is 9.55 Å². The van der Waals surface area contributed by atoms with Gasteiger partial charge in [0.15, 0.2) is 17.2 Å². The van der Waals surface area contributed by atoms with Crippen LogP contribution in [0.5, 0.6) is 0 Å². The minimum atomic E-state index is -0.795. The van der Waals surface area contributed by atoms with E-state index in [0.29, 0.717) is 29.1 Å². The number of H-pyrrole nitrogens is 1. The van der Waals surface area contributed by atoms with E-state index in [2.05, 4.69) is 4.98 Å². The van der Waals surface area contributed by atoms with Crippen molar-refractivity contribution in [1.29, 1.82) is 0 Å². The molecule has 3 N–H and O–H groups in total. The van der Waals surface area contributed by atoms with Gasteiger partial charge in [-0.3, -0.25) is 28.8 Å². The zero-order valence-corrected chi connectivity index (χ0v) is 19.9. The van der Waals surface area contributed by atoms with E-state index in [1.54, 1.807) is 42.5 Å². The zero-order valence-electron chi connectivity index (χ0n) is 19.9. The highest BCUT2D eigenvalue weighted by Crippen LogP contribution is 2.27. The predicted octanol–water partition coefficient (Wildman–Crippen LogP) is 3.82. The average molecular weight is 491 g/mol. The van der Waals surface area contributed by atoms with E-state index in [9.17, 15) is 19.2 Å². The number of benzene rings is 1. The maximum absolute atomic E-state index is 13.6. The van der Waals surface area contributed by atoms with Gasteiger partial charge >= 0.3 is 5.69 Å². The van der Waals surface area contributed by atoms with Gasteiger partial charge < -0.3 is 14.6 Å². The number of nitrogens with two attached hydrogens (primary N) is 1. The summed E-state index contributed by atoms with van der Waals surface area (Å²) in [6, 6.07) is 13.2. The van der Waals surface area contributed by atoms with E-state index >= 15 is 0 Å².